The minimum Gasteiger partial charge on any atom is -0.462 e. The predicted octanol–water partition coefficient (Wildman–Crippen LogP) is 9.14. The van der Waals surface area contributed by atoms with Gasteiger partial charge in [0.1, 0.15) is 21.1 Å². The third-order valence-corrected chi connectivity index (χ3v) is 12.0. The second-order valence-corrected chi connectivity index (χ2v) is 17.0. The molecule has 16 nitrogen and oxygen atoms in total. The molecule has 2 heterocycles. The number of ether oxygens (including phenoxy) is 6. The van der Waals surface area contributed by atoms with Crippen LogP contribution in [-0.4, -0.2) is 85.3 Å². The topological polar surface area (TPSA) is 216 Å². The molecule has 4 atom stereocenters. The highest BCUT2D eigenvalue weighted by Gasteiger charge is 2.49. The first kappa shape index (κ1) is 51.4. The van der Waals surface area contributed by atoms with Crippen LogP contribution in [0.5, 0.6) is 0 Å². The van der Waals surface area contributed by atoms with E-state index in [1.54, 1.807) is 48.9 Å². The van der Waals surface area contributed by atoms with Crippen molar-refractivity contribution >= 4 is 80.3 Å². The van der Waals surface area contributed by atoms with Crippen LogP contribution in [0.1, 0.15) is 62.3 Å². The number of hydrogen-bond acceptors (Lipinski definition) is 16. The van der Waals surface area contributed by atoms with Gasteiger partial charge in [-0.1, -0.05) is 109 Å². The molecule has 0 spiro atoms. The molecule has 2 aromatic heterocycles. The molecular formula is C52H48N2O14S2. The van der Waals surface area contributed by atoms with Crippen LogP contribution in [0, 0.1) is 0 Å². The van der Waals surface area contributed by atoms with Gasteiger partial charge in [-0.2, -0.15) is 0 Å². The van der Waals surface area contributed by atoms with Crippen LogP contribution in [0.2, 0.25) is 0 Å². The first-order valence-electron chi connectivity index (χ1n) is 21.8. The van der Waals surface area contributed by atoms with E-state index in [9.17, 15) is 38.4 Å². The average Bonchev–Trinajstić information content (AvgIpc) is 3.96. The fourth-order valence-electron chi connectivity index (χ4n) is 7.33. The standard InChI is InChI=1S/C52H48N2O14S2/c1-7-63-51(61)41-39(37-23-19-35(20-24-37)33-15-11-9-12-16-33)27-69-49(41)53-47(59)45(67-31(5)57)43(65-29(3)55)44(66-30(4)56)46(68-32(6)58)48(60)54-50-42(52(62)64-8-2)40(28-70-50)38-25-21-36(22-26-38)34-17-13-10-14-18-34/h9-28,43-46H,7-8H2,1-6H3,(H,53,59)(H,54,60). The molecule has 18 heteroatoms. The Bertz CT molecular complexity index is 2660. The molecule has 2 N–H and O–H groups in total. The van der Waals surface area contributed by atoms with Crippen molar-refractivity contribution in [2.45, 2.75) is 66.0 Å². The van der Waals surface area contributed by atoms with Crippen molar-refractivity contribution in [1.82, 2.24) is 0 Å². The van der Waals surface area contributed by atoms with Gasteiger partial charge in [-0.15, -0.1) is 22.7 Å². The summed E-state index contributed by atoms with van der Waals surface area (Å²) in [6.07, 6.45) is -8.90. The number of anilines is 2. The van der Waals surface area contributed by atoms with E-state index in [2.05, 4.69) is 10.6 Å². The molecule has 0 aliphatic rings. The lowest BCUT2D eigenvalue weighted by atomic mass is 9.98. The van der Waals surface area contributed by atoms with Gasteiger partial charge in [0, 0.05) is 49.6 Å². The fraction of sp³-hybridized carbons (Fsp3) is 0.231. The van der Waals surface area contributed by atoms with Crippen molar-refractivity contribution in [3.63, 3.8) is 0 Å². The molecule has 0 bridgehead atoms. The molecule has 2 amide bonds. The third-order valence-electron chi connectivity index (χ3n) is 10.2. The zero-order chi connectivity index (χ0) is 50.5. The summed E-state index contributed by atoms with van der Waals surface area (Å²) in [6, 6.07) is 33.8. The zero-order valence-electron chi connectivity index (χ0n) is 38.8. The van der Waals surface area contributed by atoms with Gasteiger partial charge in [-0.05, 0) is 47.2 Å². The summed E-state index contributed by atoms with van der Waals surface area (Å²) in [5.74, 6) is -8.46. The van der Waals surface area contributed by atoms with Gasteiger partial charge < -0.3 is 39.1 Å². The number of nitrogens with one attached hydrogen (secondary N) is 2. The maximum atomic E-state index is 14.5. The van der Waals surface area contributed by atoms with Gasteiger partial charge in [-0.3, -0.25) is 28.8 Å². The number of rotatable bonds is 19. The normalized spacial score (nSPS) is 12.5. The van der Waals surface area contributed by atoms with Crippen LogP contribution in [0.15, 0.2) is 120 Å². The summed E-state index contributed by atoms with van der Waals surface area (Å²) in [5, 5.41) is 8.20. The van der Waals surface area contributed by atoms with Crippen LogP contribution >= 0.6 is 22.7 Å². The van der Waals surface area contributed by atoms with Gasteiger partial charge >= 0.3 is 35.8 Å². The monoisotopic (exact) mass is 988 g/mol. The van der Waals surface area contributed by atoms with E-state index in [4.69, 9.17) is 28.4 Å². The SMILES string of the molecule is CCOC(=O)c1c(-c2ccc(-c3ccccc3)cc2)csc1NC(=O)C(OC(C)=O)C(OC(C)=O)C(OC(C)=O)C(OC(C)=O)C(=O)Nc1scc(-c2ccc(-c3ccccc3)cc2)c1C(=O)OCC. The lowest BCUT2D eigenvalue weighted by molar-refractivity contribution is -0.198. The largest absolute Gasteiger partial charge is 0.462 e. The van der Waals surface area contributed by atoms with Crippen molar-refractivity contribution in [2.24, 2.45) is 0 Å². The van der Waals surface area contributed by atoms with Gasteiger partial charge in [-0.25, -0.2) is 9.59 Å². The molecule has 4 unspecified atom stereocenters. The number of thiophene rings is 2. The quantitative estimate of drug-likeness (QED) is 0.0572. The maximum Gasteiger partial charge on any atom is 0.341 e. The molecule has 0 saturated heterocycles. The number of benzene rings is 4. The van der Waals surface area contributed by atoms with E-state index >= 15 is 0 Å². The number of hydrogen-bond donors (Lipinski definition) is 2. The lowest BCUT2D eigenvalue weighted by Gasteiger charge is -2.34. The Balaban J connectivity index is 1.37. The summed E-state index contributed by atoms with van der Waals surface area (Å²) in [4.78, 5) is 108. The van der Waals surface area contributed by atoms with Crippen LogP contribution in [0.25, 0.3) is 44.5 Å². The van der Waals surface area contributed by atoms with E-state index in [-0.39, 0.29) is 34.3 Å². The van der Waals surface area contributed by atoms with Gasteiger partial charge in [0.2, 0.25) is 12.2 Å². The number of carbonyl (C=O) groups excluding carboxylic acids is 8. The van der Waals surface area contributed by atoms with Crippen LogP contribution < -0.4 is 10.6 Å². The third kappa shape index (κ3) is 12.8. The molecule has 0 fully saturated rings. The molecule has 0 aliphatic carbocycles. The Labute approximate surface area is 410 Å². The van der Waals surface area contributed by atoms with Crippen molar-refractivity contribution in [2.75, 3.05) is 23.8 Å². The van der Waals surface area contributed by atoms with Crippen molar-refractivity contribution in [3.8, 4) is 44.5 Å². The van der Waals surface area contributed by atoms with E-state index < -0.39 is 72.0 Å². The van der Waals surface area contributed by atoms with Crippen LogP contribution in [0.3, 0.4) is 0 Å². The smallest absolute Gasteiger partial charge is 0.341 e. The minimum atomic E-state index is -2.25. The van der Waals surface area contributed by atoms with Crippen molar-refractivity contribution < 1.29 is 66.8 Å². The summed E-state index contributed by atoms with van der Waals surface area (Å²) < 4.78 is 32.8. The van der Waals surface area contributed by atoms with E-state index in [1.807, 2.05) is 84.9 Å². The van der Waals surface area contributed by atoms with Gasteiger partial charge in [0.15, 0.2) is 12.2 Å². The molecule has 0 radical (unpaired) electrons. The summed E-state index contributed by atoms with van der Waals surface area (Å²) in [7, 11) is 0. The Morgan fingerprint density at radius 3 is 1.03 bits per heavy atom. The second kappa shape index (κ2) is 23.9. The van der Waals surface area contributed by atoms with Crippen LogP contribution in [0.4, 0.5) is 10.0 Å². The number of amides is 2. The highest BCUT2D eigenvalue weighted by molar-refractivity contribution is 7.15. The Hall–Kier alpha value is -7.96. The first-order chi connectivity index (χ1) is 33.6. The Morgan fingerprint density at radius 2 is 0.729 bits per heavy atom. The lowest BCUT2D eigenvalue weighted by Crippen LogP contribution is -2.57. The Kier molecular flexibility index (Phi) is 17.5. The zero-order valence-corrected chi connectivity index (χ0v) is 40.4. The van der Waals surface area contributed by atoms with E-state index in [1.165, 1.54) is 0 Å². The molecule has 70 heavy (non-hydrogen) atoms. The number of esters is 6. The first-order valence-corrected chi connectivity index (χ1v) is 23.5. The molecule has 6 rings (SSSR count). The van der Waals surface area contributed by atoms with Crippen molar-refractivity contribution in [3.05, 3.63) is 131 Å². The number of carbonyl (C=O) groups is 8. The fourth-order valence-corrected chi connectivity index (χ4v) is 9.25. The molecule has 0 saturated carbocycles. The Morgan fingerprint density at radius 1 is 0.429 bits per heavy atom. The maximum absolute atomic E-state index is 14.5. The van der Waals surface area contributed by atoms with Gasteiger partial charge in [0.25, 0.3) is 11.8 Å². The molecule has 362 valence electrons. The van der Waals surface area contributed by atoms with E-state index in [0.29, 0.717) is 22.3 Å². The summed E-state index contributed by atoms with van der Waals surface area (Å²) >= 11 is 1.85. The average molecular weight is 989 g/mol. The summed E-state index contributed by atoms with van der Waals surface area (Å²) in [6.45, 7) is 6.88. The van der Waals surface area contributed by atoms with Gasteiger partial charge in [0.05, 0.1) is 13.2 Å². The highest BCUT2D eigenvalue weighted by atomic mass is 32.1. The second-order valence-electron chi connectivity index (χ2n) is 15.2. The van der Waals surface area contributed by atoms with Crippen molar-refractivity contribution in [1.29, 1.82) is 0 Å². The molecule has 0 aliphatic heterocycles. The highest BCUT2D eigenvalue weighted by Crippen LogP contribution is 2.39. The van der Waals surface area contributed by atoms with E-state index in [0.717, 1.165) is 72.6 Å². The summed E-state index contributed by atoms with van der Waals surface area (Å²) in [5.41, 5.74) is 5.53. The predicted molar refractivity (Wildman–Crippen MR) is 262 cm³/mol. The molecule has 4 aromatic carbocycles. The molecule has 6 aromatic rings. The molecular weight excluding hydrogens is 941 g/mol. The van der Waals surface area contributed by atoms with Crippen LogP contribution in [-0.2, 0) is 57.2 Å². The minimum absolute atomic E-state index is 0.0291.